The largest absolute Gasteiger partial charge is 0.493 e. The number of thiophene rings is 1. The molecule has 1 aliphatic rings. The fraction of sp³-hybridized carbons (Fsp3) is 0.476. The molecule has 1 aromatic carbocycles. The van der Waals surface area contributed by atoms with Gasteiger partial charge in [-0.3, -0.25) is 4.79 Å². The van der Waals surface area contributed by atoms with Crippen molar-refractivity contribution in [2.24, 2.45) is 0 Å². The minimum atomic E-state index is -0.0915. The standard InChI is InChI=1S/C21H26ClNO4S/c1-3-8-27-20-18(22)11-15(12-19(20)25-2)21(24)23(13-16-6-4-9-26-16)14-17-7-5-10-28-17/h5,7,10-12,16H,3-4,6,8-9,13-14H2,1-2H3. The van der Waals surface area contributed by atoms with E-state index in [1.807, 2.05) is 29.3 Å². The van der Waals surface area contributed by atoms with E-state index in [4.69, 9.17) is 25.8 Å². The summed E-state index contributed by atoms with van der Waals surface area (Å²) < 4.78 is 16.9. The molecule has 1 aliphatic heterocycles. The molecule has 0 aliphatic carbocycles. The Bertz CT molecular complexity index is 775. The van der Waals surface area contributed by atoms with Crippen LogP contribution in [-0.4, -0.2) is 43.8 Å². The molecule has 0 spiro atoms. The highest BCUT2D eigenvalue weighted by Crippen LogP contribution is 2.37. The Morgan fingerprint density at radius 3 is 2.93 bits per heavy atom. The smallest absolute Gasteiger partial charge is 0.254 e. The highest BCUT2D eigenvalue weighted by atomic mass is 35.5. The Morgan fingerprint density at radius 2 is 2.29 bits per heavy atom. The quantitative estimate of drug-likeness (QED) is 0.568. The molecular formula is C21H26ClNO4S. The van der Waals surface area contributed by atoms with Crippen LogP contribution in [0.3, 0.4) is 0 Å². The zero-order chi connectivity index (χ0) is 19.9. The number of methoxy groups -OCH3 is 1. The van der Waals surface area contributed by atoms with Crippen LogP contribution in [0.5, 0.6) is 11.5 Å². The summed E-state index contributed by atoms with van der Waals surface area (Å²) in [4.78, 5) is 16.3. The molecule has 3 rings (SSSR count). The monoisotopic (exact) mass is 423 g/mol. The second kappa shape index (κ2) is 10.1. The van der Waals surface area contributed by atoms with E-state index in [0.29, 0.717) is 41.8 Å². The van der Waals surface area contributed by atoms with Crippen LogP contribution in [0.15, 0.2) is 29.6 Å². The van der Waals surface area contributed by atoms with Crippen LogP contribution in [0.1, 0.15) is 41.4 Å². The molecule has 1 amide bonds. The van der Waals surface area contributed by atoms with Crippen molar-refractivity contribution in [2.75, 3.05) is 26.9 Å². The summed E-state index contributed by atoms with van der Waals surface area (Å²) in [5.74, 6) is 0.857. The molecule has 1 fully saturated rings. The molecule has 0 bridgehead atoms. The van der Waals surface area contributed by atoms with Crippen molar-refractivity contribution in [1.82, 2.24) is 4.90 Å². The lowest BCUT2D eigenvalue weighted by atomic mass is 10.1. The highest BCUT2D eigenvalue weighted by Gasteiger charge is 2.25. The Balaban J connectivity index is 1.85. The molecule has 1 aromatic heterocycles. The number of rotatable bonds is 9. The number of halogens is 1. The maximum atomic E-state index is 13.3. The Kier molecular flexibility index (Phi) is 7.59. The molecular weight excluding hydrogens is 398 g/mol. The van der Waals surface area contributed by atoms with Gasteiger partial charge in [0.05, 0.1) is 31.4 Å². The number of carbonyl (C=O) groups excluding carboxylic acids is 1. The molecule has 0 saturated carbocycles. The summed E-state index contributed by atoms with van der Waals surface area (Å²) in [6, 6.07) is 7.40. The van der Waals surface area contributed by atoms with Gasteiger partial charge in [-0.05, 0) is 42.8 Å². The highest BCUT2D eigenvalue weighted by molar-refractivity contribution is 7.09. The van der Waals surface area contributed by atoms with Gasteiger partial charge in [-0.15, -0.1) is 11.3 Å². The van der Waals surface area contributed by atoms with E-state index in [1.54, 1.807) is 30.6 Å². The number of benzene rings is 1. The van der Waals surface area contributed by atoms with Crippen LogP contribution in [0.2, 0.25) is 5.02 Å². The van der Waals surface area contributed by atoms with Crippen LogP contribution < -0.4 is 9.47 Å². The van der Waals surface area contributed by atoms with E-state index in [0.717, 1.165) is 30.7 Å². The second-order valence-electron chi connectivity index (χ2n) is 6.74. The van der Waals surface area contributed by atoms with Gasteiger partial charge in [0.2, 0.25) is 0 Å². The molecule has 7 heteroatoms. The first-order valence-electron chi connectivity index (χ1n) is 9.56. The Labute approximate surface area is 175 Å². The third-order valence-electron chi connectivity index (χ3n) is 4.59. The maximum Gasteiger partial charge on any atom is 0.254 e. The topological polar surface area (TPSA) is 48.0 Å². The van der Waals surface area contributed by atoms with Crippen molar-refractivity contribution in [3.8, 4) is 11.5 Å². The normalized spacial score (nSPS) is 16.2. The number of hydrogen-bond donors (Lipinski definition) is 0. The van der Waals surface area contributed by atoms with Gasteiger partial charge in [0.1, 0.15) is 0 Å². The van der Waals surface area contributed by atoms with Gasteiger partial charge in [-0.2, -0.15) is 0 Å². The molecule has 1 unspecified atom stereocenters. The van der Waals surface area contributed by atoms with E-state index < -0.39 is 0 Å². The minimum Gasteiger partial charge on any atom is -0.493 e. The van der Waals surface area contributed by atoms with E-state index in [2.05, 4.69) is 0 Å². The first kappa shape index (κ1) is 21.0. The average Bonchev–Trinajstić information content (AvgIpc) is 3.39. The van der Waals surface area contributed by atoms with Gasteiger partial charge in [0.25, 0.3) is 5.91 Å². The summed E-state index contributed by atoms with van der Waals surface area (Å²) in [5, 5.41) is 2.40. The summed E-state index contributed by atoms with van der Waals surface area (Å²) in [5.41, 5.74) is 0.486. The number of carbonyl (C=O) groups is 1. The van der Waals surface area contributed by atoms with Crippen molar-refractivity contribution in [3.63, 3.8) is 0 Å². The van der Waals surface area contributed by atoms with E-state index >= 15 is 0 Å². The molecule has 0 N–H and O–H groups in total. The second-order valence-corrected chi connectivity index (χ2v) is 8.18. The van der Waals surface area contributed by atoms with Gasteiger partial charge in [0, 0.05) is 23.6 Å². The third-order valence-corrected chi connectivity index (χ3v) is 5.73. The molecule has 2 heterocycles. The Hall–Kier alpha value is -1.76. The molecule has 28 heavy (non-hydrogen) atoms. The van der Waals surface area contributed by atoms with E-state index in [-0.39, 0.29) is 12.0 Å². The van der Waals surface area contributed by atoms with Crippen molar-refractivity contribution >= 4 is 28.8 Å². The van der Waals surface area contributed by atoms with Crippen molar-refractivity contribution in [3.05, 3.63) is 45.1 Å². The number of amides is 1. The average molecular weight is 424 g/mol. The molecule has 5 nitrogen and oxygen atoms in total. The number of ether oxygens (including phenoxy) is 3. The summed E-state index contributed by atoms with van der Waals surface area (Å²) >= 11 is 8.05. The molecule has 2 aromatic rings. The lowest BCUT2D eigenvalue weighted by Crippen LogP contribution is -2.36. The minimum absolute atomic E-state index is 0.0773. The van der Waals surface area contributed by atoms with Crippen LogP contribution in [0.4, 0.5) is 0 Å². The molecule has 0 radical (unpaired) electrons. The van der Waals surface area contributed by atoms with Crippen molar-refractivity contribution < 1.29 is 19.0 Å². The number of hydrogen-bond acceptors (Lipinski definition) is 5. The van der Waals surface area contributed by atoms with Gasteiger partial charge in [-0.1, -0.05) is 24.6 Å². The van der Waals surface area contributed by atoms with Crippen molar-refractivity contribution in [1.29, 1.82) is 0 Å². The lowest BCUT2D eigenvalue weighted by Gasteiger charge is -2.25. The maximum absolute atomic E-state index is 13.3. The zero-order valence-corrected chi connectivity index (χ0v) is 17.9. The summed E-state index contributed by atoms with van der Waals surface area (Å²) in [6.07, 6.45) is 2.95. The summed E-state index contributed by atoms with van der Waals surface area (Å²) in [6.45, 7) is 4.42. The fourth-order valence-corrected chi connectivity index (χ4v) is 4.20. The van der Waals surface area contributed by atoms with Gasteiger partial charge >= 0.3 is 0 Å². The first-order valence-corrected chi connectivity index (χ1v) is 10.8. The summed E-state index contributed by atoms with van der Waals surface area (Å²) in [7, 11) is 1.55. The van der Waals surface area contributed by atoms with Crippen LogP contribution in [-0.2, 0) is 11.3 Å². The molecule has 152 valence electrons. The van der Waals surface area contributed by atoms with E-state index in [1.165, 1.54) is 0 Å². The third kappa shape index (κ3) is 5.19. The van der Waals surface area contributed by atoms with Gasteiger partial charge < -0.3 is 19.1 Å². The molecule has 1 saturated heterocycles. The van der Waals surface area contributed by atoms with Gasteiger partial charge in [-0.25, -0.2) is 0 Å². The Morgan fingerprint density at radius 1 is 1.43 bits per heavy atom. The van der Waals surface area contributed by atoms with Crippen LogP contribution in [0.25, 0.3) is 0 Å². The van der Waals surface area contributed by atoms with Gasteiger partial charge in [0.15, 0.2) is 11.5 Å². The van der Waals surface area contributed by atoms with Crippen LogP contribution >= 0.6 is 22.9 Å². The lowest BCUT2D eigenvalue weighted by molar-refractivity contribution is 0.0509. The van der Waals surface area contributed by atoms with Crippen molar-refractivity contribution in [2.45, 2.75) is 38.8 Å². The van der Waals surface area contributed by atoms with E-state index in [9.17, 15) is 4.79 Å². The SMILES string of the molecule is CCCOc1c(Cl)cc(C(=O)N(Cc2cccs2)CC2CCCO2)cc1OC. The predicted octanol–water partition coefficient (Wildman–Crippen LogP) is 5.02. The first-order chi connectivity index (χ1) is 13.6. The fourth-order valence-electron chi connectivity index (χ4n) is 3.21. The van der Waals surface area contributed by atoms with Crippen LogP contribution in [0, 0.1) is 0 Å². The number of nitrogens with zero attached hydrogens (tertiary/aromatic N) is 1. The zero-order valence-electron chi connectivity index (χ0n) is 16.3. The molecule has 1 atom stereocenters. The predicted molar refractivity (Wildman–Crippen MR) is 112 cm³/mol.